The third-order valence-electron chi connectivity index (χ3n) is 7.26. The van der Waals surface area contributed by atoms with Crippen molar-refractivity contribution >= 4 is 15.7 Å². The van der Waals surface area contributed by atoms with Gasteiger partial charge in [0.1, 0.15) is 11.6 Å². The lowest BCUT2D eigenvalue weighted by molar-refractivity contribution is 0.276. The molecule has 31 heavy (non-hydrogen) atoms. The summed E-state index contributed by atoms with van der Waals surface area (Å²) in [4.78, 5) is 2.49. The van der Waals surface area contributed by atoms with Crippen molar-refractivity contribution in [3.63, 3.8) is 0 Å². The number of nitrogens with one attached hydrogen (secondary N) is 1. The summed E-state index contributed by atoms with van der Waals surface area (Å²) in [6.45, 7) is 7.94. The molecule has 1 saturated carbocycles. The van der Waals surface area contributed by atoms with Crippen LogP contribution in [0.25, 0.3) is 0 Å². The summed E-state index contributed by atoms with van der Waals surface area (Å²) in [5.41, 5.74) is 2.17. The van der Waals surface area contributed by atoms with Crippen LogP contribution < -0.4 is 9.46 Å². The van der Waals surface area contributed by atoms with Gasteiger partial charge in [0.2, 0.25) is 0 Å². The highest BCUT2D eigenvalue weighted by Gasteiger charge is 2.51. The number of sulfonamides is 1. The summed E-state index contributed by atoms with van der Waals surface area (Å²) >= 11 is 0. The molecule has 0 radical (unpaired) electrons. The molecule has 5 nitrogen and oxygen atoms in total. The minimum Gasteiger partial charge on any atom is -0.493 e. The van der Waals surface area contributed by atoms with Gasteiger partial charge in [0.05, 0.1) is 17.2 Å². The number of hydrogen-bond acceptors (Lipinski definition) is 4. The lowest BCUT2D eigenvalue weighted by Crippen LogP contribution is -2.21. The molecule has 0 spiro atoms. The van der Waals surface area contributed by atoms with E-state index in [0.29, 0.717) is 48.0 Å². The number of likely N-dealkylation sites (tertiary alicyclic amines) is 1. The van der Waals surface area contributed by atoms with Crippen LogP contribution in [-0.4, -0.2) is 39.6 Å². The van der Waals surface area contributed by atoms with Gasteiger partial charge in [0, 0.05) is 18.5 Å². The number of benzene rings is 2. The Labute approximate surface area is 183 Å². The molecular formula is C24H29FN2O3S. The van der Waals surface area contributed by atoms with Crippen molar-refractivity contribution in [2.45, 2.75) is 37.5 Å². The van der Waals surface area contributed by atoms with E-state index in [-0.39, 0.29) is 4.90 Å². The first kappa shape index (κ1) is 20.8. The summed E-state index contributed by atoms with van der Waals surface area (Å²) in [7, 11) is -3.85. The number of anilines is 1. The highest BCUT2D eigenvalue weighted by atomic mass is 32.2. The van der Waals surface area contributed by atoms with Gasteiger partial charge in [0.25, 0.3) is 10.0 Å². The SMILES string of the molecule is CCN1CC[C@H](Cc2cc(F)ccc2S(=O)(=O)Nc2ccc3c(c2)OCC2C(C)C32)C1. The van der Waals surface area contributed by atoms with Crippen LogP contribution in [0.2, 0.25) is 0 Å². The lowest BCUT2D eigenvalue weighted by Gasteiger charge is -2.19. The molecule has 7 heteroatoms. The third-order valence-corrected chi connectivity index (χ3v) is 8.74. The van der Waals surface area contributed by atoms with E-state index in [1.807, 2.05) is 6.07 Å². The third kappa shape index (κ3) is 3.94. The van der Waals surface area contributed by atoms with E-state index in [9.17, 15) is 12.8 Å². The first-order chi connectivity index (χ1) is 14.9. The Kier molecular flexibility index (Phi) is 5.21. The van der Waals surface area contributed by atoms with Gasteiger partial charge in [-0.1, -0.05) is 19.9 Å². The topological polar surface area (TPSA) is 58.6 Å². The minimum absolute atomic E-state index is 0.151. The maximum absolute atomic E-state index is 14.0. The van der Waals surface area contributed by atoms with Crippen molar-refractivity contribution in [2.75, 3.05) is 31.0 Å². The molecule has 0 aromatic heterocycles. The predicted octanol–water partition coefficient (Wildman–Crippen LogP) is 4.25. The van der Waals surface area contributed by atoms with Crippen LogP contribution in [0.15, 0.2) is 41.3 Å². The Morgan fingerprint density at radius 1 is 1.23 bits per heavy atom. The second-order valence-corrected chi connectivity index (χ2v) is 10.9. The van der Waals surface area contributed by atoms with E-state index in [4.69, 9.17) is 4.74 Å². The fourth-order valence-corrected chi connectivity index (χ4v) is 6.64. The van der Waals surface area contributed by atoms with Crippen molar-refractivity contribution < 1.29 is 17.5 Å². The highest BCUT2D eigenvalue weighted by Crippen LogP contribution is 2.58. The summed E-state index contributed by atoms with van der Waals surface area (Å²) in [5, 5.41) is 0. The van der Waals surface area contributed by atoms with Crippen LogP contribution in [0.3, 0.4) is 0 Å². The van der Waals surface area contributed by atoms with Crippen LogP contribution in [0, 0.1) is 23.6 Å². The van der Waals surface area contributed by atoms with Gasteiger partial charge in [-0.15, -0.1) is 0 Å². The van der Waals surface area contributed by atoms with E-state index in [0.717, 1.165) is 37.4 Å². The number of fused-ring (bicyclic) bond motifs is 3. The monoisotopic (exact) mass is 444 g/mol. The fraction of sp³-hybridized carbons (Fsp3) is 0.500. The maximum Gasteiger partial charge on any atom is 0.262 e. The molecule has 3 unspecified atom stereocenters. The number of nitrogens with zero attached hydrogens (tertiary/aromatic N) is 1. The van der Waals surface area contributed by atoms with Crippen LogP contribution in [0.5, 0.6) is 5.75 Å². The van der Waals surface area contributed by atoms with E-state index in [1.165, 1.54) is 18.2 Å². The smallest absolute Gasteiger partial charge is 0.262 e. The number of hydrogen-bond donors (Lipinski definition) is 1. The van der Waals surface area contributed by atoms with Crippen molar-refractivity contribution in [3.8, 4) is 5.75 Å². The first-order valence-corrected chi connectivity index (χ1v) is 12.6. The molecule has 1 saturated heterocycles. The van der Waals surface area contributed by atoms with Gasteiger partial charge >= 0.3 is 0 Å². The predicted molar refractivity (Wildman–Crippen MR) is 118 cm³/mol. The molecule has 3 aliphatic rings. The second-order valence-electron chi connectivity index (χ2n) is 9.22. The van der Waals surface area contributed by atoms with Gasteiger partial charge in [-0.2, -0.15) is 0 Å². The molecule has 0 amide bonds. The molecule has 2 aromatic carbocycles. The molecule has 4 atom stereocenters. The fourth-order valence-electron chi connectivity index (χ4n) is 5.36. The lowest BCUT2D eigenvalue weighted by atomic mass is 9.98. The molecule has 166 valence electrons. The molecule has 1 N–H and O–H groups in total. The highest BCUT2D eigenvalue weighted by molar-refractivity contribution is 7.92. The van der Waals surface area contributed by atoms with Gasteiger partial charge in [-0.05, 0) is 79.1 Å². The standard InChI is InChI=1S/C24H29FN2O3S/c1-3-27-9-8-16(13-27)10-17-11-18(25)4-7-23(17)31(28,29)26-19-5-6-20-22(12-19)30-14-21-15(2)24(20)21/h4-7,11-12,15-16,21,24,26H,3,8-10,13-14H2,1-2H3/t15?,16-,21?,24?/m1/s1. The molecule has 1 aliphatic carbocycles. The largest absolute Gasteiger partial charge is 0.493 e. The quantitative estimate of drug-likeness (QED) is 0.724. The maximum atomic E-state index is 14.0. The minimum atomic E-state index is -3.85. The zero-order valence-corrected chi connectivity index (χ0v) is 18.8. The number of halogens is 1. The molecule has 2 heterocycles. The number of ether oxygens (including phenoxy) is 1. The van der Waals surface area contributed by atoms with Gasteiger partial charge in [-0.25, -0.2) is 12.8 Å². The number of rotatable bonds is 6. The zero-order valence-electron chi connectivity index (χ0n) is 18.0. The van der Waals surface area contributed by atoms with Crippen LogP contribution in [0.4, 0.5) is 10.1 Å². The van der Waals surface area contributed by atoms with E-state index >= 15 is 0 Å². The van der Waals surface area contributed by atoms with Crippen LogP contribution in [-0.2, 0) is 16.4 Å². The molecule has 5 rings (SSSR count). The Bertz CT molecular complexity index is 1100. The summed E-state index contributed by atoms with van der Waals surface area (Å²) < 4.78 is 49.0. The Morgan fingerprint density at radius 2 is 2.06 bits per heavy atom. The average molecular weight is 445 g/mol. The van der Waals surface area contributed by atoms with Crippen LogP contribution in [0.1, 0.15) is 37.3 Å². The van der Waals surface area contributed by atoms with E-state index < -0.39 is 15.8 Å². The van der Waals surface area contributed by atoms with Crippen LogP contribution >= 0.6 is 0 Å². The summed E-state index contributed by atoms with van der Waals surface area (Å²) in [6, 6.07) is 9.51. The van der Waals surface area contributed by atoms with Crippen molar-refractivity contribution in [3.05, 3.63) is 53.3 Å². The molecule has 2 aromatic rings. The first-order valence-electron chi connectivity index (χ1n) is 11.2. The average Bonchev–Trinajstić information content (AvgIpc) is 3.17. The van der Waals surface area contributed by atoms with Crippen molar-refractivity contribution in [1.29, 1.82) is 0 Å². The zero-order chi connectivity index (χ0) is 21.8. The summed E-state index contributed by atoms with van der Waals surface area (Å²) in [5.74, 6) is 2.40. The second kappa shape index (κ2) is 7.78. The van der Waals surface area contributed by atoms with Gasteiger partial charge in [-0.3, -0.25) is 4.72 Å². The molecule has 2 aliphatic heterocycles. The molecule has 2 fully saturated rings. The van der Waals surface area contributed by atoms with E-state index in [1.54, 1.807) is 12.1 Å². The molecule has 0 bridgehead atoms. The van der Waals surface area contributed by atoms with E-state index in [2.05, 4.69) is 23.5 Å². The normalized spacial score (nSPS) is 27.3. The Hall–Kier alpha value is -2.12. The Balaban J connectivity index is 1.38. The van der Waals surface area contributed by atoms with Gasteiger partial charge < -0.3 is 9.64 Å². The summed E-state index contributed by atoms with van der Waals surface area (Å²) in [6.07, 6.45) is 1.55. The van der Waals surface area contributed by atoms with Gasteiger partial charge in [0.15, 0.2) is 0 Å². The Morgan fingerprint density at radius 3 is 2.84 bits per heavy atom. The molecular weight excluding hydrogens is 415 g/mol. The van der Waals surface area contributed by atoms with Crippen molar-refractivity contribution in [2.24, 2.45) is 17.8 Å². The van der Waals surface area contributed by atoms with Crippen molar-refractivity contribution in [1.82, 2.24) is 4.90 Å².